The molecule has 0 aliphatic carbocycles. The third-order valence-electron chi connectivity index (χ3n) is 2.89. The molecular weight excluding hydrogens is 212 g/mol. The van der Waals surface area contributed by atoms with Crippen LogP contribution in [-0.2, 0) is 11.3 Å². The second-order valence-corrected chi connectivity index (χ2v) is 4.20. The van der Waals surface area contributed by atoms with Crippen LogP contribution in [0.15, 0.2) is 36.4 Å². The molecule has 2 rings (SSSR count). The summed E-state index contributed by atoms with van der Waals surface area (Å²) >= 11 is 0. The lowest BCUT2D eigenvalue weighted by Gasteiger charge is -2.08. The summed E-state index contributed by atoms with van der Waals surface area (Å²) in [5.41, 5.74) is 1.13. The number of unbranched alkanes of at least 4 members (excludes halogenated alkanes) is 1. The number of fused-ring (bicyclic) bond motifs is 1. The maximum absolute atomic E-state index is 9.76. The average molecular weight is 230 g/mol. The molecule has 0 radical (unpaired) electrons. The molecule has 0 atom stereocenters. The van der Waals surface area contributed by atoms with Crippen molar-refractivity contribution in [3.8, 4) is 5.75 Å². The molecule has 1 N–H and O–H groups in total. The molecule has 0 bridgehead atoms. The molecule has 0 saturated heterocycles. The number of phenolic OH excluding ortho intramolecular Hbond substituents is 1. The van der Waals surface area contributed by atoms with Crippen molar-refractivity contribution >= 4 is 10.8 Å². The summed E-state index contributed by atoms with van der Waals surface area (Å²) in [6.45, 7) is 3.56. The molecule has 0 unspecified atom stereocenters. The lowest BCUT2D eigenvalue weighted by molar-refractivity contribution is 0.119. The number of benzene rings is 2. The maximum Gasteiger partial charge on any atom is 0.123 e. The van der Waals surface area contributed by atoms with E-state index in [0.717, 1.165) is 35.8 Å². The maximum atomic E-state index is 9.76. The minimum atomic E-state index is 0.331. The van der Waals surface area contributed by atoms with Gasteiger partial charge in [0.15, 0.2) is 0 Å². The van der Waals surface area contributed by atoms with Gasteiger partial charge in [-0.3, -0.25) is 0 Å². The molecule has 0 spiro atoms. The van der Waals surface area contributed by atoms with Gasteiger partial charge in [0.1, 0.15) is 5.75 Å². The van der Waals surface area contributed by atoms with Crippen molar-refractivity contribution in [2.45, 2.75) is 26.4 Å². The van der Waals surface area contributed by atoms with E-state index < -0.39 is 0 Å². The van der Waals surface area contributed by atoms with E-state index in [1.54, 1.807) is 6.07 Å². The summed E-state index contributed by atoms with van der Waals surface area (Å²) in [5, 5.41) is 11.7. The molecular formula is C15H18O2. The fraction of sp³-hybridized carbons (Fsp3) is 0.333. The van der Waals surface area contributed by atoms with Crippen molar-refractivity contribution in [3.05, 3.63) is 42.0 Å². The number of hydrogen-bond donors (Lipinski definition) is 1. The molecule has 2 aromatic rings. The Hall–Kier alpha value is -1.54. The number of hydrogen-bond acceptors (Lipinski definition) is 2. The Kier molecular flexibility index (Phi) is 3.99. The Morgan fingerprint density at radius 1 is 1.06 bits per heavy atom. The van der Waals surface area contributed by atoms with Gasteiger partial charge in [-0.05, 0) is 23.4 Å². The predicted molar refractivity (Wildman–Crippen MR) is 70.2 cm³/mol. The first-order valence-electron chi connectivity index (χ1n) is 6.10. The molecule has 0 heterocycles. The van der Waals surface area contributed by atoms with Crippen LogP contribution < -0.4 is 0 Å². The highest BCUT2D eigenvalue weighted by Gasteiger charge is 2.04. The van der Waals surface area contributed by atoms with Gasteiger partial charge in [0.2, 0.25) is 0 Å². The van der Waals surface area contributed by atoms with E-state index in [1.165, 1.54) is 0 Å². The van der Waals surface area contributed by atoms with Crippen molar-refractivity contribution in [1.82, 2.24) is 0 Å². The topological polar surface area (TPSA) is 29.5 Å². The molecule has 0 amide bonds. The second-order valence-electron chi connectivity index (χ2n) is 4.20. The Bertz CT molecular complexity index is 491. The number of rotatable bonds is 5. The van der Waals surface area contributed by atoms with Crippen LogP contribution in [0, 0.1) is 0 Å². The SMILES string of the molecule is CCCCOCc1ccc(O)c2ccccc12. The summed E-state index contributed by atoms with van der Waals surface area (Å²) in [6.07, 6.45) is 2.24. The Morgan fingerprint density at radius 3 is 2.59 bits per heavy atom. The zero-order chi connectivity index (χ0) is 12.1. The number of ether oxygens (including phenoxy) is 1. The highest BCUT2D eigenvalue weighted by molar-refractivity contribution is 5.90. The van der Waals surface area contributed by atoms with E-state index in [0.29, 0.717) is 12.4 Å². The minimum absolute atomic E-state index is 0.331. The lowest BCUT2D eigenvalue weighted by Crippen LogP contribution is -1.95. The van der Waals surface area contributed by atoms with Gasteiger partial charge >= 0.3 is 0 Å². The van der Waals surface area contributed by atoms with Crippen molar-refractivity contribution in [3.63, 3.8) is 0 Å². The lowest BCUT2D eigenvalue weighted by atomic mass is 10.0. The first kappa shape index (κ1) is 11.9. The predicted octanol–water partition coefficient (Wildman–Crippen LogP) is 3.86. The van der Waals surface area contributed by atoms with Crippen LogP contribution >= 0.6 is 0 Å². The van der Waals surface area contributed by atoms with Crippen molar-refractivity contribution in [2.24, 2.45) is 0 Å². The van der Waals surface area contributed by atoms with Crippen molar-refractivity contribution < 1.29 is 9.84 Å². The second kappa shape index (κ2) is 5.69. The molecule has 17 heavy (non-hydrogen) atoms. The molecule has 2 nitrogen and oxygen atoms in total. The summed E-state index contributed by atoms with van der Waals surface area (Å²) in [5.74, 6) is 0.331. The average Bonchev–Trinajstić information content (AvgIpc) is 2.37. The monoisotopic (exact) mass is 230 g/mol. The van der Waals surface area contributed by atoms with Crippen LogP contribution in [0.4, 0.5) is 0 Å². The van der Waals surface area contributed by atoms with Crippen LogP contribution in [0.1, 0.15) is 25.3 Å². The first-order chi connectivity index (χ1) is 8.33. The van der Waals surface area contributed by atoms with E-state index in [2.05, 4.69) is 6.92 Å². The normalized spacial score (nSPS) is 10.9. The zero-order valence-corrected chi connectivity index (χ0v) is 10.1. The third kappa shape index (κ3) is 2.77. The van der Waals surface area contributed by atoms with Gasteiger partial charge in [-0.2, -0.15) is 0 Å². The van der Waals surface area contributed by atoms with Gasteiger partial charge in [-0.1, -0.05) is 43.7 Å². The third-order valence-corrected chi connectivity index (χ3v) is 2.89. The minimum Gasteiger partial charge on any atom is -0.507 e. The summed E-state index contributed by atoms with van der Waals surface area (Å²) in [6, 6.07) is 11.5. The van der Waals surface area contributed by atoms with Crippen LogP contribution in [-0.4, -0.2) is 11.7 Å². The van der Waals surface area contributed by atoms with Crippen LogP contribution in [0.3, 0.4) is 0 Å². The highest BCUT2D eigenvalue weighted by Crippen LogP contribution is 2.27. The van der Waals surface area contributed by atoms with Gasteiger partial charge in [0.25, 0.3) is 0 Å². The molecule has 2 heteroatoms. The Labute approximate surface area is 102 Å². The largest absolute Gasteiger partial charge is 0.507 e. The molecule has 0 aromatic heterocycles. The zero-order valence-electron chi connectivity index (χ0n) is 10.1. The van der Waals surface area contributed by atoms with Gasteiger partial charge in [0.05, 0.1) is 6.61 Å². The van der Waals surface area contributed by atoms with Gasteiger partial charge in [-0.15, -0.1) is 0 Å². The van der Waals surface area contributed by atoms with E-state index in [4.69, 9.17) is 4.74 Å². The molecule has 0 fully saturated rings. The number of phenols is 1. The highest BCUT2D eigenvalue weighted by atomic mass is 16.5. The van der Waals surface area contributed by atoms with Gasteiger partial charge < -0.3 is 9.84 Å². The first-order valence-corrected chi connectivity index (χ1v) is 6.10. The quantitative estimate of drug-likeness (QED) is 0.790. The van der Waals surface area contributed by atoms with Crippen LogP contribution in [0.5, 0.6) is 5.75 Å². The van der Waals surface area contributed by atoms with E-state index in [1.807, 2.05) is 30.3 Å². The molecule has 0 saturated carbocycles. The Balaban J connectivity index is 2.20. The Morgan fingerprint density at radius 2 is 1.82 bits per heavy atom. The summed E-state index contributed by atoms with van der Waals surface area (Å²) in [4.78, 5) is 0. The van der Waals surface area contributed by atoms with E-state index >= 15 is 0 Å². The van der Waals surface area contributed by atoms with Crippen LogP contribution in [0.25, 0.3) is 10.8 Å². The van der Waals surface area contributed by atoms with Crippen LogP contribution in [0.2, 0.25) is 0 Å². The van der Waals surface area contributed by atoms with Crippen molar-refractivity contribution in [2.75, 3.05) is 6.61 Å². The molecule has 0 aliphatic heterocycles. The van der Waals surface area contributed by atoms with Gasteiger partial charge in [-0.25, -0.2) is 0 Å². The molecule has 2 aromatic carbocycles. The van der Waals surface area contributed by atoms with E-state index in [9.17, 15) is 5.11 Å². The molecule has 90 valence electrons. The standard InChI is InChI=1S/C15H18O2/c1-2-3-10-17-11-12-8-9-15(16)14-7-5-4-6-13(12)14/h4-9,16H,2-3,10-11H2,1H3. The summed E-state index contributed by atoms with van der Waals surface area (Å²) in [7, 11) is 0. The van der Waals surface area contributed by atoms with E-state index in [-0.39, 0.29) is 0 Å². The summed E-state index contributed by atoms with van der Waals surface area (Å²) < 4.78 is 5.63. The van der Waals surface area contributed by atoms with Gasteiger partial charge in [0, 0.05) is 12.0 Å². The van der Waals surface area contributed by atoms with Crippen molar-refractivity contribution in [1.29, 1.82) is 0 Å². The fourth-order valence-corrected chi connectivity index (χ4v) is 1.90. The smallest absolute Gasteiger partial charge is 0.123 e. The fourth-order valence-electron chi connectivity index (χ4n) is 1.90. The number of aromatic hydroxyl groups is 1. The molecule has 0 aliphatic rings.